The Morgan fingerprint density at radius 3 is 2.52 bits per heavy atom. The van der Waals surface area contributed by atoms with Crippen molar-refractivity contribution in [1.29, 1.82) is 0 Å². The number of halogens is 2. The van der Waals surface area contributed by atoms with Gasteiger partial charge < -0.3 is 10.1 Å². The Bertz CT molecular complexity index is 813. The van der Waals surface area contributed by atoms with Gasteiger partial charge in [-0.05, 0) is 30.7 Å². The Morgan fingerprint density at radius 1 is 1.12 bits per heavy atom. The van der Waals surface area contributed by atoms with Crippen molar-refractivity contribution in [3.63, 3.8) is 0 Å². The SMILES string of the molecule is C[C@]1(c2ccccc2)NC(=O)N(CCOc2ccc(Cl)cc2Cl)C1=O. The second-order valence-electron chi connectivity index (χ2n) is 5.80. The number of carbonyl (C=O) groups excluding carboxylic acids is 2. The van der Waals surface area contributed by atoms with Gasteiger partial charge >= 0.3 is 6.03 Å². The Hall–Kier alpha value is -2.24. The number of amides is 3. The predicted molar refractivity (Wildman–Crippen MR) is 96.0 cm³/mol. The van der Waals surface area contributed by atoms with Gasteiger partial charge in [-0.15, -0.1) is 0 Å². The molecule has 5 nitrogen and oxygen atoms in total. The maximum atomic E-state index is 12.7. The highest BCUT2D eigenvalue weighted by Crippen LogP contribution is 2.29. The molecule has 25 heavy (non-hydrogen) atoms. The zero-order valence-electron chi connectivity index (χ0n) is 13.5. The first-order chi connectivity index (χ1) is 11.9. The van der Waals surface area contributed by atoms with Crippen molar-refractivity contribution in [2.45, 2.75) is 12.5 Å². The van der Waals surface area contributed by atoms with Crippen LogP contribution in [0.15, 0.2) is 48.5 Å². The van der Waals surface area contributed by atoms with Crippen LogP contribution in [0.4, 0.5) is 4.79 Å². The smallest absolute Gasteiger partial charge is 0.325 e. The molecule has 2 aromatic rings. The number of urea groups is 1. The summed E-state index contributed by atoms with van der Waals surface area (Å²) >= 11 is 11.9. The van der Waals surface area contributed by atoms with E-state index in [-0.39, 0.29) is 19.1 Å². The zero-order valence-corrected chi connectivity index (χ0v) is 15.0. The monoisotopic (exact) mass is 378 g/mol. The van der Waals surface area contributed by atoms with Gasteiger partial charge in [-0.1, -0.05) is 53.5 Å². The summed E-state index contributed by atoms with van der Waals surface area (Å²) in [4.78, 5) is 26.1. The summed E-state index contributed by atoms with van der Waals surface area (Å²) in [6, 6.07) is 13.6. The van der Waals surface area contributed by atoms with E-state index < -0.39 is 11.6 Å². The number of ether oxygens (including phenoxy) is 1. The minimum atomic E-state index is -1.07. The van der Waals surface area contributed by atoms with Crippen LogP contribution < -0.4 is 10.1 Å². The van der Waals surface area contributed by atoms with Gasteiger partial charge in [0.15, 0.2) is 0 Å². The van der Waals surface area contributed by atoms with Crippen LogP contribution >= 0.6 is 23.2 Å². The molecule has 0 unspecified atom stereocenters. The van der Waals surface area contributed by atoms with Crippen molar-refractivity contribution < 1.29 is 14.3 Å². The third-order valence-corrected chi connectivity index (χ3v) is 4.62. The van der Waals surface area contributed by atoms with E-state index in [4.69, 9.17) is 27.9 Å². The number of nitrogens with zero attached hydrogens (tertiary/aromatic N) is 1. The molecule has 130 valence electrons. The zero-order chi connectivity index (χ0) is 18.0. The molecule has 0 aromatic heterocycles. The largest absolute Gasteiger partial charge is 0.490 e. The normalized spacial score (nSPS) is 19.9. The van der Waals surface area contributed by atoms with E-state index >= 15 is 0 Å². The molecule has 7 heteroatoms. The minimum Gasteiger partial charge on any atom is -0.490 e. The molecule has 1 heterocycles. The lowest BCUT2D eigenvalue weighted by Gasteiger charge is -2.22. The van der Waals surface area contributed by atoms with Crippen LogP contribution in [0.1, 0.15) is 12.5 Å². The van der Waals surface area contributed by atoms with Gasteiger partial charge in [0.1, 0.15) is 17.9 Å². The molecule has 1 atom stereocenters. The maximum Gasteiger partial charge on any atom is 0.325 e. The van der Waals surface area contributed by atoms with E-state index in [1.807, 2.05) is 30.3 Å². The fraction of sp³-hybridized carbons (Fsp3) is 0.222. The number of imide groups is 1. The number of nitrogens with one attached hydrogen (secondary N) is 1. The highest BCUT2D eigenvalue weighted by Gasteiger charge is 2.48. The Labute approximate surface area is 155 Å². The van der Waals surface area contributed by atoms with E-state index in [2.05, 4.69) is 5.32 Å². The molecule has 3 amide bonds. The summed E-state index contributed by atoms with van der Waals surface area (Å²) in [5.74, 6) is 0.137. The molecule has 3 rings (SSSR count). The number of benzene rings is 2. The summed E-state index contributed by atoms with van der Waals surface area (Å²) in [5, 5.41) is 3.63. The van der Waals surface area contributed by atoms with Crippen molar-refractivity contribution in [2.24, 2.45) is 0 Å². The van der Waals surface area contributed by atoms with E-state index in [0.717, 1.165) is 10.5 Å². The van der Waals surface area contributed by atoms with Crippen molar-refractivity contribution in [3.8, 4) is 5.75 Å². The fourth-order valence-electron chi connectivity index (χ4n) is 2.71. The second kappa shape index (κ2) is 6.94. The molecule has 1 aliphatic heterocycles. The van der Waals surface area contributed by atoms with Crippen molar-refractivity contribution in [1.82, 2.24) is 10.2 Å². The molecule has 0 bridgehead atoms. The minimum absolute atomic E-state index is 0.117. The first kappa shape index (κ1) is 17.6. The van der Waals surface area contributed by atoms with Crippen LogP contribution in [0.25, 0.3) is 0 Å². The molecule has 0 aliphatic carbocycles. The molecular weight excluding hydrogens is 363 g/mol. The van der Waals surface area contributed by atoms with Gasteiger partial charge in [-0.3, -0.25) is 9.69 Å². The van der Waals surface area contributed by atoms with Crippen LogP contribution in [0.5, 0.6) is 5.75 Å². The average Bonchev–Trinajstić information content (AvgIpc) is 2.81. The molecule has 0 spiro atoms. The summed E-state index contributed by atoms with van der Waals surface area (Å²) < 4.78 is 5.56. The van der Waals surface area contributed by atoms with Gasteiger partial charge in [0.2, 0.25) is 0 Å². The summed E-state index contributed by atoms with van der Waals surface area (Å²) in [6.45, 7) is 1.94. The van der Waals surface area contributed by atoms with Gasteiger partial charge in [0, 0.05) is 5.02 Å². The molecule has 2 aromatic carbocycles. The van der Waals surface area contributed by atoms with Gasteiger partial charge in [-0.25, -0.2) is 4.79 Å². The predicted octanol–water partition coefficient (Wildman–Crippen LogP) is 3.84. The van der Waals surface area contributed by atoms with Crippen LogP contribution in [-0.4, -0.2) is 30.0 Å². The van der Waals surface area contributed by atoms with Crippen molar-refractivity contribution >= 4 is 35.1 Å². The van der Waals surface area contributed by atoms with Crippen molar-refractivity contribution in [2.75, 3.05) is 13.2 Å². The van der Waals surface area contributed by atoms with Gasteiger partial charge in [0.25, 0.3) is 5.91 Å². The Morgan fingerprint density at radius 2 is 1.84 bits per heavy atom. The van der Waals surface area contributed by atoms with Crippen LogP contribution in [-0.2, 0) is 10.3 Å². The van der Waals surface area contributed by atoms with E-state index in [0.29, 0.717) is 15.8 Å². The van der Waals surface area contributed by atoms with Gasteiger partial charge in [-0.2, -0.15) is 0 Å². The topological polar surface area (TPSA) is 58.6 Å². The number of rotatable bonds is 5. The lowest BCUT2D eigenvalue weighted by Crippen LogP contribution is -2.41. The van der Waals surface area contributed by atoms with Gasteiger partial charge in [0.05, 0.1) is 11.6 Å². The van der Waals surface area contributed by atoms with Crippen LogP contribution in [0.2, 0.25) is 10.0 Å². The van der Waals surface area contributed by atoms with E-state index in [1.54, 1.807) is 25.1 Å². The Balaban J connectivity index is 1.67. The van der Waals surface area contributed by atoms with Crippen molar-refractivity contribution in [3.05, 3.63) is 64.1 Å². The molecular formula is C18H16Cl2N2O3. The Kier molecular flexibility index (Phi) is 4.88. The van der Waals surface area contributed by atoms with E-state index in [1.165, 1.54) is 0 Å². The quantitative estimate of drug-likeness (QED) is 0.804. The lowest BCUT2D eigenvalue weighted by atomic mass is 9.92. The molecule has 1 fully saturated rings. The lowest BCUT2D eigenvalue weighted by molar-refractivity contribution is -0.131. The van der Waals surface area contributed by atoms with E-state index in [9.17, 15) is 9.59 Å². The molecule has 0 radical (unpaired) electrons. The fourth-order valence-corrected chi connectivity index (χ4v) is 3.17. The highest BCUT2D eigenvalue weighted by molar-refractivity contribution is 6.35. The average molecular weight is 379 g/mol. The summed E-state index contributed by atoms with van der Waals surface area (Å²) in [7, 11) is 0. The molecule has 1 aliphatic rings. The number of hydrogen-bond acceptors (Lipinski definition) is 3. The molecule has 1 saturated heterocycles. The number of hydrogen-bond donors (Lipinski definition) is 1. The standard InChI is InChI=1S/C18H16Cl2N2O3/c1-18(12-5-3-2-4-6-12)16(23)22(17(24)21-18)9-10-25-15-8-7-13(19)11-14(15)20/h2-8,11H,9-10H2,1H3,(H,21,24)/t18-/m1/s1. The summed E-state index contributed by atoms with van der Waals surface area (Å²) in [6.07, 6.45) is 0. The first-order valence-corrected chi connectivity index (χ1v) is 8.45. The third kappa shape index (κ3) is 3.43. The third-order valence-electron chi connectivity index (χ3n) is 4.09. The highest BCUT2D eigenvalue weighted by atomic mass is 35.5. The first-order valence-electron chi connectivity index (χ1n) is 7.69. The van der Waals surface area contributed by atoms with Crippen LogP contribution in [0.3, 0.4) is 0 Å². The van der Waals surface area contributed by atoms with Crippen LogP contribution in [0, 0.1) is 0 Å². The second-order valence-corrected chi connectivity index (χ2v) is 6.64. The molecule has 0 saturated carbocycles. The molecule has 1 N–H and O–H groups in total. The summed E-state index contributed by atoms with van der Waals surface area (Å²) in [5.41, 5.74) is -0.339. The number of carbonyl (C=O) groups is 2. The maximum absolute atomic E-state index is 12.7.